The zero-order valence-corrected chi connectivity index (χ0v) is 16.9. The van der Waals surface area contributed by atoms with E-state index in [-0.39, 0.29) is 4.90 Å². The van der Waals surface area contributed by atoms with Gasteiger partial charge in [0, 0.05) is 26.2 Å². The van der Waals surface area contributed by atoms with Crippen molar-refractivity contribution in [2.24, 2.45) is 0 Å². The molecular formula is C19H18ClFN4O3S. The van der Waals surface area contributed by atoms with Gasteiger partial charge in [-0.1, -0.05) is 28.9 Å². The van der Waals surface area contributed by atoms with E-state index in [4.69, 9.17) is 16.1 Å². The van der Waals surface area contributed by atoms with Crippen LogP contribution in [0.15, 0.2) is 57.9 Å². The molecule has 0 unspecified atom stereocenters. The molecule has 0 spiro atoms. The number of hydrogen-bond acceptors (Lipinski definition) is 6. The molecule has 29 heavy (non-hydrogen) atoms. The molecule has 0 saturated carbocycles. The van der Waals surface area contributed by atoms with E-state index in [2.05, 4.69) is 15.0 Å². The van der Waals surface area contributed by atoms with Crippen molar-refractivity contribution < 1.29 is 17.3 Å². The summed E-state index contributed by atoms with van der Waals surface area (Å²) in [5.41, 5.74) is 0.670. The molecule has 0 amide bonds. The molecule has 1 aliphatic heterocycles. The SMILES string of the molecule is O=S(=O)(c1ccc(F)cc1)N1CCN(Cc2noc(-c3ccccc3Cl)n2)CC1. The van der Waals surface area contributed by atoms with E-state index in [1.165, 1.54) is 16.4 Å². The molecule has 3 aromatic rings. The third-order valence-electron chi connectivity index (χ3n) is 4.72. The molecule has 152 valence electrons. The highest BCUT2D eigenvalue weighted by molar-refractivity contribution is 7.89. The maximum Gasteiger partial charge on any atom is 0.259 e. The van der Waals surface area contributed by atoms with Crippen molar-refractivity contribution in [3.63, 3.8) is 0 Å². The van der Waals surface area contributed by atoms with Crippen LogP contribution in [-0.2, 0) is 16.6 Å². The Morgan fingerprint density at radius 2 is 1.72 bits per heavy atom. The number of nitrogens with zero attached hydrogens (tertiary/aromatic N) is 4. The van der Waals surface area contributed by atoms with Crippen molar-refractivity contribution in [3.8, 4) is 11.5 Å². The van der Waals surface area contributed by atoms with Crippen LogP contribution in [0.3, 0.4) is 0 Å². The zero-order chi connectivity index (χ0) is 20.4. The molecule has 10 heteroatoms. The van der Waals surface area contributed by atoms with Gasteiger partial charge in [0.15, 0.2) is 5.82 Å². The first-order valence-corrected chi connectivity index (χ1v) is 10.8. The first-order chi connectivity index (χ1) is 13.9. The monoisotopic (exact) mass is 436 g/mol. The Hall–Kier alpha value is -2.33. The van der Waals surface area contributed by atoms with Gasteiger partial charge in [-0.15, -0.1) is 0 Å². The fourth-order valence-electron chi connectivity index (χ4n) is 3.15. The van der Waals surface area contributed by atoms with Gasteiger partial charge in [0.25, 0.3) is 5.89 Å². The molecule has 0 N–H and O–H groups in total. The lowest BCUT2D eigenvalue weighted by molar-refractivity contribution is 0.176. The van der Waals surface area contributed by atoms with Gasteiger partial charge in [-0.3, -0.25) is 4.90 Å². The van der Waals surface area contributed by atoms with Gasteiger partial charge in [0.2, 0.25) is 10.0 Å². The minimum absolute atomic E-state index is 0.0925. The molecule has 0 bridgehead atoms. The van der Waals surface area contributed by atoms with Crippen LogP contribution in [0.1, 0.15) is 5.82 Å². The summed E-state index contributed by atoms with van der Waals surface area (Å²) in [6, 6.07) is 12.1. The maximum absolute atomic E-state index is 13.1. The standard InChI is InChI=1S/C19H18ClFN4O3S/c20-17-4-2-1-3-16(17)19-22-18(23-28-19)13-24-9-11-25(12-10-24)29(26,27)15-7-5-14(21)6-8-15/h1-8H,9-13H2. The lowest BCUT2D eigenvalue weighted by Gasteiger charge is -2.33. The van der Waals surface area contributed by atoms with Gasteiger partial charge >= 0.3 is 0 Å². The molecule has 4 rings (SSSR count). The molecular weight excluding hydrogens is 419 g/mol. The summed E-state index contributed by atoms with van der Waals surface area (Å²) in [5.74, 6) is 0.392. The highest BCUT2D eigenvalue weighted by atomic mass is 35.5. The van der Waals surface area contributed by atoms with Gasteiger partial charge < -0.3 is 4.52 Å². The van der Waals surface area contributed by atoms with Gasteiger partial charge in [-0.2, -0.15) is 9.29 Å². The highest BCUT2D eigenvalue weighted by Gasteiger charge is 2.29. The zero-order valence-electron chi connectivity index (χ0n) is 15.3. The summed E-state index contributed by atoms with van der Waals surface area (Å²) < 4.78 is 45.2. The number of halogens is 2. The second-order valence-electron chi connectivity index (χ2n) is 6.63. The molecule has 7 nitrogen and oxygen atoms in total. The van der Waals surface area contributed by atoms with E-state index < -0.39 is 15.8 Å². The predicted molar refractivity (Wildman–Crippen MR) is 105 cm³/mol. The van der Waals surface area contributed by atoms with E-state index >= 15 is 0 Å². The van der Waals surface area contributed by atoms with Crippen LogP contribution in [0.25, 0.3) is 11.5 Å². The minimum atomic E-state index is -3.64. The molecule has 0 radical (unpaired) electrons. The fourth-order valence-corrected chi connectivity index (χ4v) is 4.78. The summed E-state index contributed by atoms with van der Waals surface area (Å²) in [6.45, 7) is 2.15. The van der Waals surface area contributed by atoms with Crippen LogP contribution in [0.4, 0.5) is 4.39 Å². The second kappa shape index (κ2) is 8.19. The van der Waals surface area contributed by atoms with Crippen LogP contribution in [-0.4, -0.2) is 53.9 Å². The molecule has 1 fully saturated rings. The van der Waals surface area contributed by atoms with Gasteiger partial charge in [0.1, 0.15) is 5.82 Å². The van der Waals surface area contributed by atoms with Crippen molar-refractivity contribution in [2.75, 3.05) is 26.2 Å². The molecule has 0 aliphatic carbocycles. The third kappa shape index (κ3) is 4.32. The quantitative estimate of drug-likeness (QED) is 0.611. The van der Waals surface area contributed by atoms with E-state index in [1.807, 2.05) is 12.1 Å². The predicted octanol–water partition coefficient (Wildman–Crippen LogP) is 3.04. The summed E-state index contributed by atoms with van der Waals surface area (Å²) in [4.78, 5) is 6.53. The van der Waals surface area contributed by atoms with E-state index in [9.17, 15) is 12.8 Å². The maximum atomic E-state index is 13.1. The summed E-state index contributed by atoms with van der Waals surface area (Å²) in [5, 5.41) is 4.53. The summed E-state index contributed by atoms with van der Waals surface area (Å²) in [6.07, 6.45) is 0. The van der Waals surface area contributed by atoms with Crippen LogP contribution in [0.5, 0.6) is 0 Å². The summed E-state index contributed by atoms with van der Waals surface area (Å²) >= 11 is 6.16. The van der Waals surface area contributed by atoms with Crippen molar-refractivity contribution in [3.05, 3.63) is 65.2 Å². The lowest BCUT2D eigenvalue weighted by atomic mass is 10.2. The van der Waals surface area contributed by atoms with Crippen molar-refractivity contribution in [2.45, 2.75) is 11.4 Å². The minimum Gasteiger partial charge on any atom is -0.334 e. The van der Waals surface area contributed by atoms with Crippen LogP contribution in [0, 0.1) is 5.82 Å². The molecule has 2 heterocycles. The van der Waals surface area contributed by atoms with Crippen LogP contribution in [0.2, 0.25) is 5.02 Å². The molecule has 0 atom stereocenters. The summed E-state index contributed by atoms with van der Waals surface area (Å²) in [7, 11) is -3.64. The normalized spacial score (nSPS) is 16.2. The van der Waals surface area contributed by atoms with Crippen molar-refractivity contribution in [1.82, 2.24) is 19.3 Å². The number of aromatic nitrogens is 2. The Kier molecular flexibility index (Phi) is 5.64. The topological polar surface area (TPSA) is 79.5 Å². The fraction of sp³-hybridized carbons (Fsp3) is 0.263. The highest BCUT2D eigenvalue weighted by Crippen LogP contribution is 2.26. The van der Waals surface area contributed by atoms with E-state index in [0.29, 0.717) is 55.0 Å². The third-order valence-corrected chi connectivity index (χ3v) is 6.96. The van der Waals surface area contributed by atoms with Gasteiger partial charge in [-0.05, 0) is 36.4 Å². The Labute approximate surface area is 172 Å². The number of benzene rings is 2. The van der Waals surface area contributed by atoms with Crippen LogP contribution < -0.4 is 0 Å². The number of hydrogen-bond donors (Lipinski definition) is 0. The largest absolute Gasteiger partial charge is 0.334 e. The lowest BCUT2D eigenvalue weighted by Crippen LogP contribution is -2.48. The van der Waals surface area contributed by atoms with Crippen molar-refractivity contribution in [1.29, 1.82) is 0 Å². The average Bonchev–Trinajstić information content (AvgIpc) is 3.17. The molecule has 1 saturated heterocycles. The van der Waals surface area contributed by atoms with E-state index in [0.717, 1.165) is 12.1 Å². The molecule has 1 aliphatic rings. The number of rotatable bonds is 5. The number of piperazine rings is 1. The van der Waals surface area contributed by atoms with Gasteiger partial charge in [0.05, 0.1) is 22.0 Å². The molecule has 1 aromatic heterocycles. The van der Waals surface area contributed by atoms with Crippen molar-refractivity contribution >= 4 is 21.6 Å². The Bertz CT molecular complexity index is 1100. The Morgan fingerprint density at radius 1 is 1.03 bits per heavy atom. The first-order valence-electron chi connectivity index (χ1n) is 8.99. The Morgan fingerprint density at radius 3 is 2.41 bits per heavy atom. The Balaban J connectivity index is 1.38. The average molecular weight is 437 g/mol. The van der Waals surface area contributed by atoms with Gasteiger partial charge in [-0.25, -0.2) is 12.8 Å². The van der Waals surface area contributed by atoms with E-state index in [1.54, 1.807) is 12.1 Å². The number of sulfonamides is 1. The first kappa shape index (κ1) is 20.0. The van der Waals surface area contributed by atoms with Crippen LogP contribution >= 0.6 is 11.6 Å². The smallest absolute Gasteiger partial charge is 0.259 e. The second-order valence-corrected chi connectivity index (χ2v) is 8.97. The molecule has 2 aromatic carbocycles.